The summed E-state index contributed by atoms with van der Waals surface area (Å²) in [6.07, 6.45) is 0.0811. The van der Waals surface area contributed by atoms with Crippen LogP contribution in [0.3, 0.4) is 0 Å². The van der Waals surface area contributed by atoms with Crippen LogP contribution in [-0.2, 0) is 4.74 Å². The van der Waals surface area contributed by atoms with Gasteiger partial charge in [0.2, 0.25) is 6.79 Å². The van der Waals surface area contributed by atoms with Gasteiger partial charge in [-0.25, -0.2) is 0 Å². The van der Waals surface area contributed by atoms with Crippen molar-refractivity contribution >= 4 is 15.9 Å². The lowest BCUT2D eigenvalue weighted by Crippen LogP contribution is -2.33. The molecule has 5 heteroatoms. The third kappa shape index (κ3) is 1.79. The molecule has 3 rings (SSSR count). The first-order valence-corrected chi connectivity index (χ1v) is 6.05. The van der Waals surface area contributed by atoms with Crippen LogP contribution in [0.2, 0.25) is 0 Å². The highest BCUT2D eigenvalue weighted by molar-refractivity contribution is 9.10. The number of morpholine rings is 1. The van der Waals surface area contributed by atoms with Gasteiger partial charge in [0.25, 0.3) is 0 Å². The average Bonchev–Trinajstić information content (AvgIpc) is 2.76. The van der Waals surface area contributed by atoms with E-state index in [2.05, 4.69) is 21.2 Å². The largest absolute Gasteiger partial charge is 0.454 e. The van der Waals surface area contributed by atoms with Crippen molar-refractivity contribution in [3.8, 4) is 11.5 Å². The van der Waals surface area contributed by atoms with E-state index < -0.39 is 0 Å². The van der Waals surface area contributed by atoms with E-state index in [9.17, 15) is 0 Å². The minimum Gasteiger partial charge on any atom is -0.454 e. The van der Waals surface area contributed by atoms with Crippen molar-refractivity contribution in [1.82, 2.24) is 5.32 Å². The van der Waals surface area contributed by atoms with Gasteiger partial charge in [-0.3, -0.25) is 0 Å². The van der Waals surface area contributed by atoms with Crippen molar-refractivity contribution in [2.45, 2.75) is 6.10 Å². The Labute approximate surface area is 102 Å². The van der Waals surface area contributed by atoms with Crippen LogP contribution in [0.25, 0.3) is 0 Å². The fraction of sp³-hybridized carbons (Fsp3) is 0.455. The molecule has 0 aliphatic carbocycles. The number of hydrogen-bond acceptors (Lipinski definition) is 4. The second-order valence-electron chi connectivity index (χ2n) is 3.79. The highest BCUT2D eigenvalue weighted by atomic mass is 79.9. The first-order valence-electron chi connectivity index (χ1n) is 5.26. The van der Waals surface area contributed by atoms with Gasteiger partial charge >= 0.3 is 0 Å². The number of benzene rings is 1. The van der Waals surface area contributed by atoms with Gasteiger partial charge < -0.3 is 19.5 Å². The molecule has 1 fully saturated rings. The van der Waals surface area contributed by atoms with Crippen LogP contribution in [0.4, 0.5) is 0 Å². The van der Waals surface area contributed by atoms with Crippen LogP contribution < -0.4 is 14.8 Å². The fourth-order valence-electron chi connectivity index (χ4n) is 1.94. The predicted molar refractivity (Wildman–Crippen MR) is 61.8 cm³/mol. The highest BCUT2D eigenvalue weighted by Crippen LogP contribution is 2.39. The fourth-order valence-corrected chi connectivity index (χ4v) is 2.52. The molecule has 4 nitrogen and oxygen atoms in total. The normalized spacial score (nSPS) is 23.4. The van der Waals surface area contributed by atoms with E-state index in [-0.39, 0.29) is 6.10 Å². The van der Waals surface area contributed by atoms with E-state index >= 15 is 0 Å². The molecule has 1 N–H and O–H groups in total. The van der Waals surface area contributed by atoms with Crippen molar-refractivity contribution in [1.29, 1.82) is 0 Å². The summed E-state index contributed by atoms with van der Waals surface area (Å²) in [5.74, 6) is 1.59. The summed E-state index contributed by atoms with van der Waals surface area (Å²) in [6, 6.07) is 3.93. The molecule has 1 unspecified atom stereocenters. The molecule has 0 bridgehead atoms. The topological polar surface area (TPSA) is 39.7 Å². The molecule has 0 spiro atoms. The Kier molecular flexibility index (Phi) is 2.75. The summed E-state index contributed by atoms with van der Waals surface area (Å²) in [7, 11) is 0. The number of halogens is 1. The Morgan fingerprint density at radius 2 is 2.06 bits per heavy atom. The first kappa shape index (κ1) is 10.4. The molecule has 0 saturated carbocycles. The SMILES string of the molecule is Brc1cc2c(cc1C1CNCCO1)OCO2. The molecular formula is C11H12BrNO3. The van der Waals surface area contributed by atoms with Gasteiger partial charge in [0.05, 0.1) is 12.7 Å². The zero-order valence-corrected chi connectivity index (χ0v) is 10.2. The van der Waals surface area contributed by atoms with Gasteiger partial charge in [-0.15, -0.1) is 0 Å². The van der Waals surface area contributed by atoms with Gasteiger partial charge in [0.1, 0.15) is 0 Å². The summed E-state index contributed by atoms with van der Waals surface area (Å²) >= 11 is 3.54. The summed E-state index contributed by atoms with van der Waals surface area (Å²) in [4.78, 5) is 0. The van der Waals surface area contributed by atoms with E-state index in [1.54, 1.807) is 0 Å². The van der Waals surface area contributed by atoms with Crippen molar-refractivity contribution in [2.75, 3.05) is 26.5 Å². The summed E-state index contributed by atoms with van der Waals surface area (Å²) in [5, 5.41) is 3.31. The molecule has 16 heavy (non-hydrogen) atoms. The van der Waals surface area contributed by atoms with E-state index in [1.165, 1.54) is 0 Å². The van der Waals surface area contributed by atoms with Crippen molar-refractivity contribution < 1.29 is 14.2 Å². The maximum absolute atomic E-state index is 5.72. The molecule has 86 valence electrons. The van der Waals surface area contributed by atoms with E-state index in [0.717, 1.165) is 41.2 Å². The van der Waals surface area contributed by atoms with Crippen molar-refractivity contribution in [2.24, 2.45) is 0 Å². The molecule has 1 aromatic rings. The molecule has 0 amide bonds. The molecule has 2 aliphatic rings. The van der Waals surface area contributed by atoms with Gasteiger partial charge in [-0.05, 0) is 12.1 Å². The van der Waals surface area contributed by atoms with Crippen LogP contribution in [0.15, 0.2) is 16.6 Å². The molecule has 0 radical (unpaired) electrons. The summed E-state index contributed by atoms with van der Waals surface area (Å²) in [5.41, 5.74) is 1.11. The Balaban J connectivity index is 1.94. The summed E-state index contributed by atoms with van der Waals surface area (Å²) < 4.78 is 17.4. The molecular weight excluding hydrogens is 274 g/mol. The molecule has 2 heterocycles. The minimum absolute atomic E-state index is 0.0811. The number of nitrogens with one attached hydrogen (secondary N) is 1. The van der Waals surface area contributed by atoms with Gasteiger partial charge in [0.15, 0.2) is 11.5 Å². The lowest BCUT2D eigenvalue weighted by Gasteiger charge is -2.24. The monoisotopic (exact) mass is 285 g/mol. The second kappa shape index (κ2) is 4.24. The Morgan fingerprint density at radius 1 is 1.25 bits per heavy atom. The third-order valence-electron chi connectivity index (χ3n) is 2.77. The van der Waals surface area contributed by atoms with Crippen LogP contribution in [0.5, 0.6) is 11.5 Å². The van der Waals surface area contributed by atoms with Gasteiger partial charge in [-0.2, -0.15) is 0 Å². The van der Waals surface area contributed by atoms with E-state index in [4.69, 9.17) is 14.2 Å². The van der Waals surface area contributed by atoms with Gasteiger partial charge in [0, 0.05) is 23.1 Å². The smallest absolute Gasteiger partial charge is 0.231 e. The Bertz CT molecular complexity index is 404. The van der Waals surface area contributed by atoms with Crippen molar-refractivity contribution in [3.63, 3.8) is 0 Å². The van der Waals surface area contributed by atoms with E-state index in [1.807, 2.05) is 12.1 Å². The standard InChI is InChI=1S/C11H12BrNO3/c12-8-4-10-9(15-6-16-10)3-7(8)11-5-13-1-2-14-11/h3-4,11,13H,1-2,5-6H2. The van der Waals surface area contributed by atoms with Crippen LogP contribution in [0.1, 0.15) is 11.7 Å². The van der Waals surface area contributed by atoms with Crippen molar-refractivity contribution in [3.05, 3.63) is 22.2 Å². The molecule has 2 aliphatic heterocycles. The number of ether oxygens (including phenoxy) is 3. The average molecular weight is 286 g/mol. The minimum atomic E-state index is 0.0811. The van der Waals surface area contributed by atoms with Crippen LogP contribution in [0, 0.1) is 0 Å². The van der Waals surface area contributed by atoms with Crippen LogP contribution in [-0.4, -0.2) is 26.5 Å². The zero-order chi connectivity index (χ0) is 11.0. The second-order valence-corrected chi connectivity index (χ2v) is 4.64. The Morgan fingerprint density at radius 3 is 2.81 bits per heavy atom. The summed E-state index contributed by atoms with van der Waals surface area (Å²) in [6.45, 7) is 2.79. The zero-order valence-electron chi connectivity index (χ0n) is 8.66. The molecule has 0 aromatic heterocycles. The predicted octanol–water partition coefficient (Wildman–Crippen LogP) is 1.84. The quantitative estimate of drug-likeness (QED) is 0.855. The maximum atomic E-state index is 5.72. The van der Waals surface area contributed by atoms with E-state index in [0.29, 0.717) is 6.79 Å². The first-order chi connectivity index (χ1) is 7.84. The number of rotatable bonds is 1. The Hall–Kier alpha value is -0.780. The molecule has 1 aromatic carbocycles. The lowest BCUT2D eigenvalue weighted by molar-refractivity contribution is 0.0271. The third-order valence-corrected chi connectivity index (χ3v) is 3.45. The van der Waals surface area contributed by atoms with Gasteiger partial charge in [-0.1, -0.05) is 15.9 Å². The van der Waals surface area contributed by atoms with Crippen LogP contribution >= 0.6 is 15.9 Å². The highest BCUT2D eigenvalue weighted by Gasteiger charge is 2.23. The molecule has 1 atom stereocenters. The number of hydrogen-bond donors (Lipinski definition) is 1. The lowest BCUT2D eigenvalue weighted by atomic mass is 10.1. The number of fused-ring (bicyclic) bond motifs is 1. The molecule has 1 saturated heterocycles. The maximum Gasteiger partial charge on any atom is 0.231 e.